The Morgan fingerprint density at radius 3 is 2.80 bits per heavy atom. The first kappa shape index (κ1) is 13.3. The van der Waals surface area contributed by atoms with Crippen LogP contribution in [-0.2, 0) is 6.42 Å². The first-order valence-corrected chi connectivity index (χ1v) is 7.42. The van der Waals surface area contributed by atoms with Gasteiger partial charge in [-0.25, -0.2) is 4.98 Å². The normalized spacial score (nSPS) is 11.3. The number of aryl methyl sites for hydroxylation is 2. The number of aromatic nitrogens is 2. The average molecular weight is 285 g/mol. The number of unbranched alkanes of at least 4 members (excludes halogenated alkanes) is 1. The summed E-state index contributed by atoms with van der Waals surface area (Å²) in [6, 6.07) is 8.00. The molecule has 0 saturated carbocycles. The molecule has 102 valence electrons. The zero-order chi connectivity index (χ0) is 14.1. The molecule has 3 aromatic rings. The fraction of sp³-hybridized carbons (Fsp3) is 0.294. The van der Waals surface area contributed by atoms with Gasteiger partial charge < -0.3 is 0 Å². The van der Waals surface area contributed by atoms with Crippen molar-refractivity contribution in [2.75, 3.05) is 0 Å². The molecule has 0 spiro atoms. The van der Waals surface area contributed by atoms with Crippen molar-refractivity contribution in [2.24, 2.45) is 0 Å². The molecule has 0 aliphatic rings. The number of hydrogen-bond donors (Lipinski definition) is 0. The van der Waals surface area contributed by atoms with Gasteiger partial charge in [0.15, 0.2) is 0 Å². The standard InChI is InChI=1S/C17H17ClN2/c1-3-4-5-13-14-8-9-19-11(2)17(14)20-16-7-6-12(18)10-15(13)16/h6-10H,3-5H2,1-2H3. The van der Waals surface area contributed by atoms with Crippen molar-refractivity contribution in [1.82, 2.24) is 9.97 Å². The van der Waals surface area contributed by atoms with E-state index in [0.717, 1.165) is 28.2 Å². The van der Waals surface area contributed by atoms with Gasteiger partial charge in [0.25, 0.3) is 0 Å². The number of halogens is 1. The molecule has 2 aromatic heterocycles. The lowest BCUT2D eigenvalue weighted by Gasteiger charge is -2.11. The molecule has 2 heterocycles. The summed E-state index contributed by atoms with van der Waals surface area (Å²) < 4.78 is 0. The van der Waals surface area contributed by atoms with E-state index in [2.05, 4.69) is 18.0 Å². The molecule has 0 saturated heterocycles. The smallest absolute Gasteiger partial charge is 0.0924 e. The number of rotatable bonds is 3. The van der Waals surface area contributed by atoms with E-state index in [1.165, 1.54) is 29.2 Å². The molecule has 0 aliphatic heterocycles. The number of hydrogen-bond acceptors (Lipinski definition) is 2. The first-order valence-electron chi connectivity index (χ1n) is 7.04. The minimum atomic E-state index is 0.766. The van der Waals surface area contributed by atoms with Crippen LogP contribution >= 0.6 is 11.6 Å². The van der Waals surface area contributed by atoms with Gasteiger partial charge in [-0.3, -0.25) is 4.98 Å². The summed E-state index contributed by atoms with van der Waals surface area (Å²) in [5.41, 5.74) is 4.34. The molecule has 0 unspecified atom stereocenters. The van der Waals surface area contributed by atoms with E-state index in [4.69, 9.17) is 16.6 Å². The van der Waals surface area contributed by atoms with Gasteiger partial charge in [-0.05, 0) is 49.6 Å². The molecular formula is C17H17ClN2. The zero-order valence-corrected chi connectivity index (χ0v) is 12.5. The summed E-state index contributed by atoms with van der Waals surface area (Å²) in [5.74, 6) is 0. The predicted octanol–water partition coefficient (Wildman–Crippen LogP) is 5.09. The summed E-state index contributed by atoms with van der Waals surface area (Å²) in [5, 5.41) is 3.15. The Morgan fingerprint density at radius 1 is 1.15 bits per heavy atom. The van der Waals surface area contributed by atoms with Crippen molar-refractivity contribution in [2.45, 2.75) is 33.1 Å². The van der Waals surface area contributed by atoms with Gasteiger partial charge in [0.2, 0.25) is 0 Å². The van der Waals surface area contributed by atoms with Crippen LogP contribution in [0.4, 0.5) is 0 Å². The van der Waals surface area contributed by atoms with Crippen LogP contribution in [0.1, 0.15) is 31.0 Å². The van der Waals surface area contributed by atoms with Crippen molar-refractivity contribution in [1.29, 1.82) is 0 Å². The van der Waals surface area contributed by atoms with Crippen LogP contribution in [0, 0.1) is 6.92 Å². The Morgan fingerprint density at radius 2 is 2.00 bits per heavy atom. The third-order valence-corrected chi connectivity index (χ3v) is 3.96. The van der Waals surface area contributed by atoms with Crippen LogP contribution in [-0.4, -0.2) is 9.97 Å². The molecule has 0 atom stereocenters. The number of nitrogens with zero attached hydrogens (tertiary/aromatic N) is 2. The van der Waals surface area contributed by atoms with E-state index < -0.39 is 0 Å². The van der Waals surface area contributed by atoms with Crippen molar-refractivity contribution in [3.05, 3.63) is 46.7 Å². The zero-order valence-electron chi connectivity index (χ0n) is 11.8. The summed E-state index contributed by atoms with van der Waals surface area (Å²) in [7, 11) is 0. The van der Waals surface area contributed by atoms with Gasteiger partial charge in [-0.2, -0.15) is 0 Å². The van der Waals surface area contributed by atoms with Crippen LogP contribution in [0.3, 0.4) is 0 Å². The SMILES string of the molecule is CCCCc1c2cc(Cl)ccc2nc2c(C)nccc12. The lowest BCUT2D eigenvalue weighted by molar-refractivity contribution is 0.802. The predicted molar refractivity (Wildman–Crippen MR) is 85.4 cm³/mol. The van der Waals surface area contributed by atoms with E-state index in [0.29, 0.717) is 0 Å². The first-order chi connectivity index (χ1) is 9.70. The lowest BCUT2D eigenvalue weighted by atomic mass is 9.98. The third-order valence-electron chi connectivity index (χ3n) is 3.73. The minimum absolute atomic E-state index is 0.766. The largest absolute Gasteiger partial charge is 0.259 e. The Kier molecular flexibility index (Phi) is 3.58. The summed E-state index contributed by atoms with van der Waals surface area (Å²) in [6.07, 6.45) is 5.26. The van der Waals surface area contributed by atoms with Crippen LogP contribution in [0.15, 0.2) is 30.5 Å². The highest BCUT2D eigenvalue weighted by atomic mass is 35.5. The second-order valence-electron chi connectivity index (χ2n) is 5.15. The van der Waals surface area contributed by atoms with Crippen LogP contribution in [0.25, 0.3) is 21.8 Å². The Bertz CT molecular complexity index is 777. The molecule has 0 aliphatic carbocycles. The fourth-order valence-corrected chi connectivity index (χ4v) is 2.85. The highest BCUT2D eigenvalue weighted by molar-refractivity contribution is 6.31. The number of benzene rings is 1. The Hall–Kier alpha value is -1.67. The van der Waals surface area contributed by atoms with Crippen LogP contribution in [0.2, 0.25) is 5.02 Å². The molecule has 3 rings (SSSR count). The van der Waals surface area contributed by atoms with Crippen molar-refractivity contribution in [3.8, 4) is 0 Å². The number of fused-ring (bicyclic) bond motifs is 2. The van der Waals surface area contributed by atoms with E-state index in [1.54, 1.807) is 0 Å². The lowest BCUT2D eigenvalue weighted by Crippen LogP contribution is -1.96. The molecule has 0 N–H and O–H groups in total. The van der Waals surface area contributed by atoms with Crippen molar-refractivity contribution in [3.63, 3.8) is 0 Å². The topological polar surface area (TPSA) is 25.8 Å². The molecule has 2 nitrogen and oxygen atoms in total. The second kappa shape index (κ2) is 5.37. The molecule has 3 heteroatoms. The second-order valence-corrected chi connectivity index (χ2v) is 5.58. The Balaban J connectivity index is 2.40. The molecule has 1 aromatic carbocycles. The molecular weight excluding hydrogens is 268 g/mol. The molecule has 0 fully saturated rings. The summed E-state index contributed by atoms with van der Waals surface area (Å²) in [6.45, 7) is 4.23. The van der Waals surface area contributed by atoms with Gasteiger partial charge in [0.1, 0.15) is 0 Å². The van der Waals surface area contributed by atoms with Gasteiger partial charge in [-0.15, -0.1) is 0 Å². The van der Waals surface area contributed by atoms with Crippen molar-refractivity contribution >= 4 is 33.4 Å². The highest BCUT2D eigenvalue weighted by Gasteiger charge is 2.11. The van der Waals surface area contributed by atoms with Crippen LogP contribution < -0.4 is 0 Å². The van der Waals surface area contributed by atoms with E-state index in [9.17, 15) is 0 Å². The quantitative estimate of drug-likeness (QED) is 0.626. The van der Waals surface area contributed by atoms with Crippen molar-refractivity contribution < 1.29 is 0 Å². The summed E-state index contributed by atoms with van der Waals surface area (Å²) in [4.78, 5) is 9.13. The number of pyridine rings is 2. The molecule has 0 bridgehead atoms. The molecule has 0 amide bonds. The fourth-order valence-electron chi connectivity index (χ4n) is 2.68. The van der Waals surface area contributed by atoms with E-state index >= 15 is 0 Å². The van der Waals surface area contributed by atoms with Gasteiger partial charge in [0.05, 0.1) is 16.7 Å². The van der Waals surface area contributed by atoms with Gasteiger partial charge in [-0.1, -0.05) is 24.9 Å². The van der Waals surface area contributed by atoms with E-state index in [1.807, 2.05) is 31.3 Å². The van der Waals surface area contributed by atoms with Crippen LogP contribution in [0.5, 0.6) is 0 Å². The maximum atomic E-state index is 6.17. The minimum Gasteiger partial charge on any atom is -0.259 e. The molecule has 20 heavy (non-hydrogen) atoms. The monoisotopic (exact) mass is 284 g/mol. The highest BCUT2D eigenvalue weighted by Crippen LogP contribution is 2.30. The maximum absolute atomic E-state index is 6.17. The maximum Gasteiger partial charge on any atom is 0.0924 e. The van der Waals surface area contributed by atoms with E-state index in [-0.39, 0.29) is 0 Å². The van der Waals surface area contributed by atoms with Gasteiger partial charge >= 0.3 is 0 Å². The summed E-state index contributed by atoms with van der Waals surface area (Å²) >= 11 is 6.17. The molecule has 0 radical (unpaired) electrons. The third kappa shape index (κ3) is 2.25. The Labute approximate surface area is 123 Å². The average Bonchev–Trinajstić information content (AvgIpc) is 2.45. The van der Waals surface area contributed by atoms with Gasteiger partial charge in [0, 0.05) is 22.0 Å².